The number of primary sulfonamides is 1. The molecule has 0 saturated carbocycles. The van der Waals surface area contributed by atoms with Gasteiger partial charge in [0.05, 0.1) is 11.0 Å². The maximum Gasteiger partial charge on any atom is 0.238 e. The summed E-state index contributed by atoms with van der Waals surface area (Å²) in [6.07, 6.45) is -1.75. The van der Waals surface area contributed by atoms with E-state index in [4.69, 9.17) is 5.14 Å². The van der Waals surface area contributed by atoms with Crippen LogP contribution in [0.1, 0.15) is 18.1 Å². The van der Waals surface area contributed by atoms with Crippen LogP contribution in [-0.2, 0) is 10.0 Å². The first-order chi connectivity index (χ1) is 8.36. The van der Waals surface area contributed by atoms with E-state index >= 15 is 0 Å². The lowest BCUT2D eigenvalue weighted by Crippen LogP contribution is -2.23. The van der Waals surface area contributed by atoms with Gasteiger partial charge in [-0.3, -0.25) is 0 Å². The molecule has 1 aromatic rings. The number of aliphatic hydroxyl groups excluding tert-OH is 2. The summed E-state index contributed by atoms with van der Waals surface area (Å²) in [5.74, 6) is 0. The van der Waals surface area contributed by atoms with E-state index in [9.17, 15) is 18.6 Å². The second-order valence-corrected chi connectivity index (χ2v) is 5.58. The Balaban J connectivity index is 2.90. The van der Waals surface area contributed by atoms with E-state index in [-0.39, 0.29) is 4.90 Å². The van der Waals surface area contributed by atoms with Gasteiger partial charge in [0.15, 0.2) is 0 Å². The van der Waals surface area contributed by atoms with Crippen LogP contribution in [0.25, 0.3) is 0 Å². The zero-order chi connectivity index (χ0) is 13.8. The first kappa shape index (κ1) is 15.1. The van der Waals surface area contributed by atoms with Gasteiger partial charge in [-0.2, -0.15) is 0 Å². The number of rotatable bonds is 6. The predicted octanol–water partition coefficient (Wildman–Crippen LogP) is -0.662. The summed E-state index contributed by atoms with van der Waals surface area (Å²) in [6.45, 7) is 0.549. The number of nitrogens with one attached hydrogen (secondary N) is 1. The summed E-state index contributed by atoms with van der Waals surface area (Å²) in [7, 11) is -2.07. The van der Waals surface area contributed by atoms with E-state index in [1.165, 1.54) is 18.2 Å². The van der Waals surface area contributed by atoms with Gasteiger partial charge < -0.3 is 15.5 Å². The third-order valence-electron chi connectivity index (χ3n) is 2.58. The molecule has 5 N–H and O–H groups in total. The van der Waals surface area contributed by atoms with Crippen molar-refractivity contribution in [2.75, 3.05) is 13.6 Å². The maximum absolute atomic E-state index is 11.2. The highest BCUT2D eigenvalue weighted by molar-refractivity contribution is 7.89. The number of hydrogen-bond acceptors (Lipinski definition) is 5. The maximum atomic E-state index is 11.2. The van der Waals surface area contributed by atoms with Crippen molar-refractivity contribution in [1.82, 2.24) is 5.32 Å². The number of sulfonamides is 1. The minimum atomic E-state index is -3.81. The van der Waals surface area contributed by atoms with Gasteiger partial charge in [-0.1, -0.05) is 12.1 Å². The molecule has 6 nitrogen and oxygen atoms in total. The van der Waals surface area contributed by atoms with Gasteiger partial charge >= 0.3 is 0 Å². The molecule has 102 valence electrons. The van der Waals surface area contributed by atoms with Crippen LogP contribution < -0.4 is 10.5 Å². The Morgan fingerprint density at radius 2 is 2.06 bits per heavy atom. The smallest absolute Gasteiger partial charge is 0.238 e. The Morgan fingerprint density at radius 1 is 1.39 bits per heavy atom. The summed E-state index contributed by atoms with van der Waals surface area (Å²) >= 11 is 0. The van der Waals surface area contributed by atoms with Crippen LogP contribution >= 0.6 is 0 Å². The Labute approximate surface area is 106 Å². The minimum Gasteiger partial charge on any atom is -0.390 e. The van der Waals surface area contributed by atoms with Crippen molar-refractivity contribution in [3.8, 4) is 0 Å². The van der Waals surface area contributed by atoms with Crippen molar-refractivity contribution in [1.29, 1.82) is 0 Å². The third kappa shape index (κ3) is 4.04. The second-order valence-electron chi connectivity index (χ2n) is 4.02. The standard InChI is InChI=1S/C11H18N2O4S/c1-13-6-5-10(14)11(15)8-3-2-4-9(7-8)18(12,16)17/h2-4,7,10-11,13-15H,5-6H2,1H3,(H2,12,16,17). The average Bonchev–Trinajstić information content (AvgIpc) is 2.34. The molecular weight excluding hydrogens is 256 g/mol. The van der Waals surface area contributed by atoms with Crippen LogP contribution in [-0.4, -0.2) is 38.3 Å². The van der Waals surface area contributed by atoms with E-state index in [0.717, 1.165) is 0 Å². The number of aliphatic hydroxyl groups is 2. The zero-order valence-electron chi connectivity index (χ0n) is 10.1. The fourth-order valence-electron chi connectivity index (χ4n) is 1.55. The van der Waals surface area contributed by atoms with E-state index in [1.807, 2.05) is 0 Å². The summed E-state index contributed by atoms with van der Waals surface area (Å²) in [4.78, 5) is -0.0835. The van der Waals surface area contributed by atoms with Crippen molar-refractivity contribution in [2.45, 2.75) is 23.5 Å². The van der Waals surface area contributed by atoms with Crippen LogP contribution in [0.15, 0.2) is 29.2 Å². The molecule has 0 saturated heterocycles. The first-order valence-corrected chi connectivity index (χ1v) is 7.04. The van der Waals surface area contributed by atoms with Gasteiger partial charge in [0.2, 0.25) is 10.0 Å². The molecule has 0 spiro atoms. The minimum absolute atomic E-state index is 0.0835. The molecule has 0 aromatic heterocycles. The topological polar surface area (TPSA) is 113 Å². The van der Waals surface area contributed by atoms with Crippen LogP contribution in [0.2, 0.25) is 0 Å². The lowest BCUT2D eigenvalue weighted by molar-refractivity contribution is 0.0139. The molecule has 0 aliphatic carbocycles. The molecular formula is C11H18N2O4S. The van der Waals surface area contributed by atoms with Gasteiger partial charge in [0.25, 0.3) is 0 Å². The molecule has 0 heterocycles. The number of nitrogens with two attached hydrogens (primary N) is 1. The zero-order valence-corrected chi connectivity index (χ0v) is 10.9. The Kier molecular flexibility index (Phi) is 5.24. The van der Waals surface area contributed by atoms with Gasteiger partial charge in [0, 0.05) is 0 Å². The largest absolute Gasteiger partial charge is 0.390 e. The number of benzene rings is 1. The highest BCUT2D eigenvalue weighted by Crippen LogP contribution is 2.21. The number of hydrogen-bond donors (Lipinski definition) is 4. The Bertz CT molecular complexity index is 490. The van der Waals surface area contributed by atoms with Crippen molar-refractivity contribution < 1.29 is 18.6 Å². The van der Waals surface area contributed by atoms with Crippen molar-refractivity contribution in [3.05, 3.63) is 29.8 Å². The van der Waals surface area contributed by atoms with Crippen LogP contribution in [0, 0.1) is 0 Å². The third-order valence-corrected chi connectivity index (χ3v) is 3.49. The molecule has 7 heteroatoms. The average molecular weight is 274 g/mol. The molecule has 0 fully saturated rings. The van der Waals surface area contributed by atoms with Crippen LogP contribution in [0.4, 0.5) is 0 Å². The molecule has 18 heavy (non-hydrogen) atoms. The lowest BCUT2D eigenvalue weighted by Gasteiger charge is -2.18. The monoisotopic (exact) mass is 274 g/mol. The van der Waals surface area contributed by atoms with Gasteiger partial charge in [-0.05, 0) is 37.7 Å². The Hall–Kier alpha value is -0.990. The van der Waals surface area contributed by atoms with Gasteiger partial charge in [-0.15, -0.1) is 0 Å². The summed E-state index contributed by atoms with van der Waals surface area (Å²) in [5.41, 5.74) is 0.324. The van der Waals surface area contributed by atoms with E-state index in [2.05, 4.69) is 5.32 Å². The fraction of sp³-hybridized carbons (Fsp3) is 0.455. The second kappa shape index (κ2) is 6.26. The molecule has 1 rings (SSSR count). The molecule has 0 aliphatic rings. The Morgan fingerprint density at radius 3 is 2.61 bits per heavy atom. The lowest BCUT2D eigenvalue weighted by atomic mass is 10.0. The normalized spacial score (nSPS) is 15.3. The SMILES string of the molecule is CNCCC(O)C(O)c1cccc(S(N)(=O)=O)c1. The van der Waals surface area contributed by atoms with Crippen molar-refractivity contribution >= 4 is 10.0 Å². The predicted molar refractivity (Wildman–Crippen MR) is 67.3 cm³/mol. The van der Waals surface area contributed by atoms with Crippen LogP contribution in [0.5, 0.6) is 0 Å². The molecule has 0 radical (unpaired) electrons. The highest BCUT2D eigenvalue weighted by atomic mass is 32.2. The molecule has 0 amide bonds. The summed E-state index contributed by atoms with van der Waals surface area (Å²) in [5, 5.41) is 27.5. The molecule has 0 bridgehead atoms. The van der Waals surface area contributed by atoms with E-state index in [1.54, 1.807) is 13.1 Å². The summed E-state index contributed by atoms with van der Waals surface area (Å²) < 4.78 is 22.3. The molecule has 0 aliphatic heterocycles. The van der Waals surface area contributed by atoms with Crippen LogP contribution in [0.3, 0.4) is 0 Å². The van der Waals surface area contributed by atoms with Crippen molar-refractivity contribution in [3.63, 3.8) is 0 Å². The summed E-state index contributed by atoms with van der Waals surface area (Å²) in [6, 6.07) is 5.62. The molecule has 2 atom stereocenters. The molecule has 2 unspecified atom stereocenters. The molecule has 1 aromatic carbocycles. The van der Waals surface area contributed by atoms with Gasteiger partial charge in [-0.25, -0.2) is 13.6 Å². The first-order valence-electron chi connectivity index (χ1n) is 5.49. The highest BCUT2D eigenvalue weighted by Gasteiger charge is 2.19. The fourth-order valence-corrected chi connectivity index (χ4v) is 2.12. The van der Waals surface area contributed by atoms with Crippen molar-refractivity contribution in [2.24, 2.45) is 5.14 Å². The van der Waals surface area contributed by atoms with E-state index < -0.39 is 22.2 Å². The quantitative estimate of drug-likeness (QED) is 0.550. The van der Waals surface area contributed by atoms with E-state index in [0.29, 0.717) is 18.5 Å². The van der Waals surface area contributed by atoms with Gasteiger partial charge in [0.1, 0.15) is 6.10 Å².